The van der Waals surface area contributed by atoms with E-state index >= 15 is 0 Å². The molecule has 0 N–H and O–H groups in total. The summed E-state index contributed by atoms with van der Waals surface area (Å²) in [5.41, 5.74) is 1.27. The Bertz CT molecular complexity index is 975. The van der Waals surface area contributed by atoms with Crippen LogP contribution < -0.4 is 9.47 Å². The average Bonchev–Trinajstić information content (AvgIpc) is 2.66. The predicted molar refractivity (Wildman–Crippen MR) is 107 cm³/mol. The van der Waals surface area contributed by atoms with E-state index in [2.05, 4.69) is 0 Å². The van der Waals surface area contributed by atoms with Crippen molar-refractivity contribution < 1.29 is 19.1 Å². The zero-order valence-corrected chi connectivity index (χ0v) is 16.7. The first kappa shape index (κ1) is 20.9. The second-order valence-corrected chi connectivity index (χ2v) is 7.36. The van der Waals surface area contributed by atoms with Gasteiger partial charge in [-0.1, -0.05) is 45.0 Å². The molecular weight excluding hydrogens is 354 g/mol. The average molecular weight is 377 g/mol. The lowest BCUT2D eigenvalue weighted by atomic mass is 9.86. The molecule has 0 heterocycles. The largest absolute Gasteiger partial charge is 0.493 e. The molecule has 0 aromatic heterocycles. The summed E-state index contributed by atoms with van der Waals surface area (Å²) >= 11 is 0. The quantitative estimate of drug-likeness (QED) is 0.325. The van der Waals surface area contributed by atoms with Gasteiger partial charge in [-0.25, -0.2) is 4.79 Å². The van der Waals surface area contributed by atoms with E-state index < -0.39 is 11.4 Å². The summed E-state index contributed by atoms with van der Waals surface area (Å²) in [4.78, 5) is 24.8. The maximum absolute atomic E-state index is 12.4. The van der Waals surface area contributed by atoms with Gasteiger partial charge in [-0.15, -0.1) is 0 Å². The van der Waals surface area contributed by atoms with Crippen LogP contribution in [0.15, 0.2) is 48.0 Å². The molecule has 0 saturated heterocycles. The highest BCUT2D eigenvalue weighted by molar-refractivity contribution is 6.06. The lowest BCUT2D eigenvalue weighted by Gasteiger charge is -2.15. The molecule has 28 heavy (non-hydrogen) atoms. The Labute approximate surface area is 165 Å². The van der Waals surface area contributed by atoms with Gasteiger partial charge in [-0.2, -0.15) is 5.26 Å². The summed E-state index contributed by atoms with van der Waals surface area (Å²) in [5.74, 6) is -0.144. The summed E-state index contributed by atoms with van der Waals surface area (Å²) in [5, 5.41) is 9.33. The minimum Gasteiger partial charge on any atom is -0.493 e. The van der Waals surface area contributed by atoms with E-state index in [0.29, 0.717) is 16.9 Å². The van der Waals surface area contributed by atoms with Crippen molar-refractivity contribution in [2.45, 2.75) is 27.7 Å². The standard InChI is InChI=1S/C23H23NO4/c1-15-8-6-7-9-18(15)22(26)28-19-11-10-16(13-20(19)27-5)12-17(14-24)21(25)23(2,3)4/h6-13H,1-5H3/b17-12+. The van der Waals surface area contributed by atoms with Gasteiger partial charge in [0.05, 0.1) is 18.2 Å². The number of nitriles is 1. The molecule has 2 rings (SSSR count). The molecule has 5 nitrogen and oxygen atoms in total. The van der Waals surface area contributed by atoms with Gasteiger partial charge >= 0.3 is 5.97 Å². The highest BCUT2D eigenvalue weighted by atomic mass is 16.6. The van der Waals surface area contributed by atoms with Crippen molar-refractivity contribution in [3.63, 3.8) is 0 Å². The number of methoxy groups -OCH3 is 1. The number of rotatable bonds is 5. The summed E-state index contributed by atoms with van der Waals surface area (Å²) in [6, 6.07) is 14.0. The minimum absolute atomic E-state index is 0.0548. The number of nitrogens with zero attached hydrogens (tertiary/aromatic N) is 1. The van der Waals surface area contributed by atoms with Gasteiger partial charge < -0.3 is 9.47 Å². The molecule has 0 radical (unpaired) electrons. The number of carbonyl (C=O) groups is 2. The molecule has 144 valence electrons. The Morgan fingerprint density at radius 1 is 1.07 bits per heavy atom. The molecule has 0 saturated carbocycles. The third-order valence-corrected chi connectivity index (χ3v) is 4.11. The number of benzene rings is 2. The Hall–Kier alpha value is -3.39. The molecule has 0 unspecified atom stereocenters. The topological polar surface area (TPSA) is 76.4 Å². The van der Waals surface area contributed by atoms with E-state index in [9.17, 15) is 14.9 Å². The molecule has 0 aliphatic heterocycles. The Morgan fingerprint density at radius 2 is 1.75 bits per heavy atom. The van der Waals surface area contributed by atoms with Crippen molar-refractivity contribution in [1.82, 2.24) is 0 Å². The fourth-order valence-electron chi connectivity index (χ4n) is 2.53. The molecule has 0 aliphatic carbocycles. The third-order valence-electron chi connectivity index (χ3n) is 4.11. The molecule has 0 amide bonds. The molecule has 2 aromatic rings. The van der Waals surface area contributed by atoms with Crippen molar-refractivity contribution in [2.75, 3.05) is 7.11 Å². The van der Waals surface area contributed by atoms with Crippen molar-refractivity contribution in [2.24, 2.45) is 5.41 Å². The normalized spacial score (nSPS) is 11.5. The van der Waals surface area contributed by atoms with Crippen LogP contribution in [-0.4, -0.2) is 18.9 Å². The van der Waals surface area contributed by atoms with Crippen LogP contribution in [-0.2, 0) is 4.79 Å². The van der Waals surface area contributed by atoms with E-state index in [4.69, 9.17) is 9.47 Å². The van der Waals surface area contributed by atoms with Crippen LogP contribution in [0.2, 0.25) is 0 Å². The fourth-order valence-corrected chi connectivity index (χ4v) is 2.53. The number of allylic oxidation sites excluding steroid dienone is 1. The second kappa shape index (κ2) is 8.53. The van der Waals surface area contributed by atoms with Crippen LogP contribution in [0.3, 0.4) is 0 Å². The maximum Gasteiger partial charge on any atom is 0.343 e. The third kappa shape index (κ3) is 4.86. The Morgan fingerprint density at radius 3 is 2.32 bits per heavy atom. The first-order valence-corrected chi connectivity index (χ1v) is 8.80. The number of aryl methyl sites for hydroxylation is 1. The second-order valence-electron chi connectivity index (χ2n) is 7.36. The highest BCUT2D eigenvalue weighted by Crippen LogP contribution is 2.30. The van der Waals surface area contributed by atoms with Gasteiger partial charge in [-0.05, 0) is 42.3 Å². The number of ketones is 1. The molecular formula is C23H23NO4. The number of carbonyl (C=O) groups excluding carboxylic acids is 2. The van der Waals surface area contributed by atoms with Gasteiger partial charge in [0, 0.05) is 5.41 Å². The summed E-state index contributed by atoms with van der Waals surface area (Å²) < 4.78 is 10.8. The number of ether oxygens (including phenoxy) is 2. The maximum atomic E-state index is 12.4. The van der Waals surface area contributed by atoms with Gasteiger partial charge in [0.25, 0.3) is 0 Å². The van der Waals surface area contributed by atoms with E-state index in [0.717, 1.165) is 5.56 Å². The lowest BCUT2D eigenvalue weighted by Crippen LogP contribution is -2.21. The number of Topliss-reactive ketones (excluding diaryl/α,β-unsaturated/α-hetero) is 1. The first-order valence-electron chi connectivity index (χ1n) is 8.80. The van der Waals surface area contributed by atoms with Crippen LogP contribution in [0.5, 0.6) is 11.5 Å². The van der Waals surface area contributed by atoms with Crippen molar-refractivity contribution in [3.8, 4) is 17.6 Å². The van der Waals surface area contributed by atoms with Crippen LogP contribution in [0.25, 0.3) is 6.08 Å². The van der Waals surface area contributed by atoms with Gasteiger partial charge in [-0.3, -0.25) is 4.79 Å². The molecule has 5 heteroatoms. The van der Waals surface area contributed by atoms with E-state index in [1.807, 2.05) is 25.1 Å². The summed E-state index contributed by atoms with van der Waals surface area (Å²) in [7, 11) is 1.46. The Kier molecular flexibility index (Phi) is 6.37. The van der Waals surface area contributed by atoms with E-state index in [-0.39, 0.29) is 17.1 Å². The predicted octanol–water partition coefficient (Wildman–Crippen LogP) is 4.75. The monoisotopic (exact) mass is 377 g/mol. The van der Waals surface area contributed by atoms with Crippen LogP contribution >= 0.6 is 0 Å². The minimum atomic E-state index is -0.658. The van der Waals surface area contributed by atoms with Crippen molar-refractivity contribution >= 4 is 17.8 Å². The number of esters is 1. The van der Waals surface area contributed by atoms with Gasteiger partial charge in [0.1, 0.15) is 6.07 Å². The first-order chi connectivity index (χ1) is 13.2. The van der Waals surface area contributed by atoms with E-state index in [1.165, 1.54) is 13.2 Å². The number of hydrogen-bond acceptors (Lipinski definition) is 5. The van der Waals surface area contributed by atoms with Crippen molar-refractivity contribution in [1.29, 1.82) is 5.26 Å². The molecule has 0 spiro atoms. The molecule has 0 aliphatic rings. The smallest absolute Gasteiger partial charge is 0.343 e. The molecule has 0 fully saturated rings. The van der Waals surface area contributed by atoms with Crippen LogP contribution in [0, 0.1) is 23.7 Å². The van der Waals surface area contributed by atoms with Gasteiger partial charge in [0.2, 0.25) is 0 Å². The zero-order chi connectivity index (χ0) is 20.9. The SMILES string of the molecule is COc1cc(/C=C(\C#N)C(=O)C(C)(C)C)ccc1OC(=O)c1ccccc1C. The highest BCUT2D eigenvalue weighted by Gasteiger charge is 2.25. The molecule has 0 bridgehead atoms. The van der Waals surface area contributed by atoms with Crippen molar-refractivity contribution in [3.05, 3.63) is 64.7 Å². The summed E-state index contributed by atoms with van der Waals surface area (Å²) in [6.45, 7) is 7.11. The zero-order valence-electron chi connectivity index (χ0n) is 16.7. The molecule has 2 aromatic carbocycles. The van der Waals surface area contributed by atoms with Crippen LogP contribution in [0.4, 0.5) is 0 Å². The summed E-state index contributed by atoms with van der Waals surface area (Å²) in [6.07, 6.45) is 1.50. The lowest BCUT2D eigenvalue weighted by molar-refractivity contribution is -0.121. The molecule has 0 atom stereocenters. The number of hydrogen-bond donors (Lipinski definition) is 0. The fraction of sp³-hybridized carbons (Fsp3) is 0.261. The van der Waals surface area contributed by atoms with E-state index in [1.54, 1.807) is 51.1 Å². The van der Waals surface area contributed by atoms with Gasteiger partial charge in [0.15, 0.2) is 17.3 Å². The van der Waals surface area contributed by atoms with Crippen LogP contribution in [0.1, 0.15) is 42.3 Å². The Balaban J connectivity index is 2.33.